The van der Waals surface area contributed by atoms with Crippen molar-refractivity contribution >= 4 is 17.6 Å². The van der Waals surface area contributed by atoms with Gasteiger partial charge in [0.1, 0.15) is 11.7 Å². The molecule has 24 heavy (non-hydrogen) atoms. The highest BCUT2D eigenvalue weighted by Crippen LogP contribution is 2.36. The van der Waals surface area contributed by atoms with Gasteiger partial charge in [0.05, 0.1) is 11.9 Å². The number of ketones is 2. The van der Waals surface area contributed by atoms with E-state index in [-0.39, 0.29) is 18.0 Å². The van der Waals surface area contributed by atoms with E-state index < -0.39 is 11.7 Å². The van der Waals surface area contributed by atoms with Crippen LogP contribution in [0.15, 0.2) is 36.0 Å². The fourth-order valence-corrected chi connectivity index (χ4v) is 3.42. The third kappa shape index (κ3) is 2.92. The Morgan fingerprint density at radius 1 is 1.12 bits per heavy atom. The summed E-state index contributed by atoms with van der Waals surface area (Å²) in [5.41, 5.74) is 4.75. The van der Waals surface area contributed by atoms with E-state index in [4.69, 9.17) is 0 Å². The van der Waals surface area contributed by atoms with E-state index in [1.165, 1.54) is 12.1 Å². The molecule has 4 heteroatoms. The summed E-state index contributed by atoms with van der Waals surface area (Å²) in [5, 5.41) is 0. The monoisotopic (exact) mass is 323 g/mol. The Balaban J connectivity index is 2.00. The second-order valence-corrected chi connectivity index (χ2v) is 6.32. The van der Waals surface area contributed by atoms with Gasteiger partial charge in [0.25, 0.3) is 0 Å². The zero-order chi connectivity index (χ0) is 17.4. The molecule has 0 radical (unpaired) electrons. The van der Waals surface area contributed by atoms with Gasteiger partial charge >= 0.3 is 0 Å². The first-order valence-electron chi connectivity index (χ1n) is 7.83. The van der Waals surface area contributed by atoms with Crippen LogP contribution in [-0.4, -0.2) is 16.6 Å². The molecule has 1 aromatic heterocycles. The Hall–Kier alpha value is -2.62. The van der Waals surface area contributed by atoms with Crippen LogP contribution in [0.5, 0.6) is 0 Å². The van der Waals surface area contributed by atoms with Gasteiger partial charge in [0.15, 0.2) is 11.6 Å². The number of Topliss-reactive ketones (excluding diaryl/α,β-unsaturated/α-hetero) is 2. The molecule has 1 aliphatic carbocycles. The molecule has 0 aliphatic heterocycles. The average molecular weight is 323 g/mol. The fraction of sp³-hybridized carbons (Fsp3) is 0.250. The Bertz CT molecular complexity index is 843. The second kappa shape index (κ2) is 6.11. The van der Waals surface area contributed by atoms with Crippen LogP contribution in [0.3, 0.4) is 0 Å². The molecule has 1 heterocycles. The molecule has 1 atom stereocenters. The molecule has 1 unspecified atom stereocenters. The van der Waals surface area contributed by atoms with Crippen molar-refractivity contribution in [3.05, 3.63) is 69.8 Å². The summed E-state index contributed by atoms with van der Waals surface area (Å²) in [7, 11) is 0. The van der Waals surface area contributed by atoms with Gasteiger partial charge in [-0.2, -0.15) is 0 Å². The first-order chi connectivity index (χ1) is 11.4. The van der Waals surface area contributed by atoms with Gasteiger partial charge in [-0.05, 0) is 55.7 Å². The van der Waals surface area contributed by atoms with Crippen LogP contribution in [0.1, 0.15) is 40.3 Å². The molecule has 0 saturated heterocycles. The molecule has 3 rings (SSSR count). The van der Waals surface area contributed by atoms with E-state index in [9.17, 15) is 14.0 Å². The highest BCUT2D eigenvalue weighted by Gasteiger charge is 2.39. The van der Waals surface area contributed by atoms with E-state index >= 15 is 0 Å². The van der Waals surface area contributed by atoms with Crippen molar-refractivity contribution in [3.8, 4) is 0 Å². The molecule has 1 aliphatic rings. The molecule has 1 saturated carbocycles. The summed E-state index contributed by atoms with van der Waals surface area (Å²) in [6.45, 7) is 5.85. The SMILES string of the molecule is Cc1cc(C)c(C2C(=O)C/C(=C\c3ccc(F)cn3)C2=O)c(C)c1. The Morgan fingerprint density at radius 3 is 2.38 bits per heavy atom. The zero-order valence-corrected chi connectivity index (χ0v) is 13.9. The Labute approximate surface area is 140 Å². The van der Waals surface area contributed by atoms with Gasteiger partial charge in [-0.1, -0.05) is 17.7 Å². The van der Waals surface area contributed by atoms with Crippen molar-refractivity contribution in [1.82, 2.24) is 4.98 Å². The maximum atomic E-state index is 12.9. The van der Waals surface area contributed by atoms with E-state index in [0.717, 1.165) is 28.5 Å². The van der Waals surface area contributed by atoms with Crippen molar-refractivity contribution in [3.63, 3.8) is 0 Å². The molecule has 1 aromatic carbocycles. The molecular weight excluding hydrogens is 305 g/mol. The van der Waals surface area contributed by atoms with Crippen molar-refractivity contribution in [2.45, 2.75) is 33.1 Å². The van der Waals surface area contributed by atoms with Crippen LogP contribution >= 0.6 is 0 Å². The second-order valence-electron chi connectivity index (χ2n) is 6.32. The Morgan fingerprint density at radius 2 is 1.79 bits per heavy atom. The van der Waals surface area contributed by atoms with Crippen LogP contribution in [-0.2, 0) is 9.59 Å². The summed E-state index contributed by atoms with van der Waals surface area (Å²) in [4.78, 5) is 29.2. The van der Waals surface area contributed by atoms with Gasteiger partial charge in [0.2, 0.25) is 0 Å². The lowest BCUT2D eigenvalue weighted by molar-refractivity contribution is -0.123. The molecule has 0 amide bonds. The number of pyridine rings is 1. The molecule has 0 bridgehead atoms. The number of aryl methyl sites for hydroxylation is 3. The van der Waals surface area contributed by atoms with Gasteiger partial charge in [-0.3, -0.25) is 14.6 Å². The van der Waals surface area contributed by atoms with Crippen molar-refractivity contribution < 1.29 is 14.0 Å². The number of carbonyl (C=O) groups excluding carboxylic acids is 2. The minimum Gasteiger partial charge on any atom is -0.298 e. The van der Waals surface area contributed by atoms with Gasteiger partial charge < -0.3 is 0 Å². The number of allylic oxidation sites excluding steroid dienone is 1. The lowest BCUT2D eigenvalue weighted by Crippen LogP contribution is -2.15. The van der Waals surface area contributed by atoms with Crippen LogP contribution in [0.25, 0.3) is 6.08 Å². The molecular formula is C20H18FNO2. The number of benzene rings is 1. The smallest absolute Gasteiger partial charge is 0.174 e. The molecule has 3 nitrogen and oxygen atoms in total. The molecule has 0 spiro atoms. The standard InChI is InChI=1S/C20H18FNO2/c1-11-6-12(2)18(13(3)7-11)19-17(23)9-14(20(19)24)8-16-5-4-15(21)10-22-16/h4-8,10,19H,9H2,1-3H3/b14-8+. The molecule has 0 N–H and O–H groups in total. The van der Waals surface area contributed by atoms with Gasteiger partial charge in [0, 0.05) is 12.0 Å². The minimum atomic E-state index is -0.739. The van der Waals surface area contributed by atoms with Crippen LogP contribution in [0.2, 0.25) is 0 Å². The molecule has 122 valence electrons. The summed E-state index contributed by atoms with van der Waals surface area (Å²) >= 11 is 0. The maximum Gasteiger partial charge on any atom is 0.174 e. The van der Waals surface area contributed by atoms with Crippen LogP contribution in [0.4, 0.5) is 4.39 Å². The third-order valence-electron chi connectivity index (χ3n) is 4.36. The van der Waals surface area contributed by atoms with Crippen molar-refractivity contribution in [1.29, 1.82) is 0 Å². The van der Waals surface area contributed by atoms with Crippen molar-refractivity contribution in [2.75, 3.05) is 0 Å². The van der Waals surface area contributed by atoms with E-state index in [1.54, 1.807) is 6.08 Å². The highest BCUT2D eigenvalue weighted by molar-refractivity contribution is 6.24. The first kappa shape index (κ1) is 16.2. The fourth-order valence-electron chi connectivity index (χ4n) is 3.42. The predicted octanol–water partition coefficient (Wildman–Crippen LogP) is 3.86. The summed E-state index contributed by atoms with van der Waals surface area (Å²) in [6, 6.07) is 6.76. The highest BCUT2D eigenvalue weighted by atomic mass is 19.1. The van der Waals surface area contributed by atoms with Crippen molar-refractivity contribution in [2.24, 2.45) is 0 Å². The largest absolute Gasteiger partial charge is 0.298 e. The lowest BCUT2D eigenvalue weighted by atomic mass is 9.87. The minimum absolute atomic E-state index is 0.0926. The number of halogens is 1. The number of hydrogen-bond acceptors (Lipinski definition) is 3. The van der Waals surface area contributed by atoms with Crippen LogP contribution in [0, 0.1) is 26.6 Å². The van der Waals surface area contributed by atoms with E-state index in [0.29, 0.717) is 11.3 Å². The topological polar surface area (TPSA) is 47.0 Å². The molecule has 2 aromatic rings. The normalized spacial score (nSPS) is 19.3. The molecule has 1 fully saturated rings. The van der Waals surface area contributed by atoms with E-state index in [2.05, 4.69) is 4.98 Å². The number of aromatic nitrogens is 1. The number of carbonyl (C=O) groups is 2. The van der Waals surface area contributed by atoms with E-state index in [1.807, 2.05) is 32.9 Å². The maximum absolute atomic E-state index is 12.9. The first-order valence-corrected chi connectivity index (χ1v) is 7.83. The summed E-state index contributed by atoms with van der Waals surface area (Å²) < 4.78 is 12.9. The summed E-state index contributed by atoms with van der Waals surface area (Å²) in [5.74, 6) is -1.45. The quantitative estimate of drug-likeness (QED) is 0.623. The average Bonchev–Trinajstić information content (AvgIpc) is 2.76. The van der Waals surface area contributed by atoms with Crippen LogP contribution < -0.4 is 0 Å². The summed E-state index contributed by atoms with van der Waals surface area (Å²) in [6.07, 6.45) is 2.77. The lowest BCUT2D eigenvalue weighted by Gasteiger charge is -2.15. The Kier molecular flexibility index (Phi) is 4.14. The van der Waals surface area contributed by atoms with Gasteiger partial charge in [-0.15, -0.1) is 0 Å². The third-order valence-corrected chi connectivity index (χ3v) is 4.36. The predicted molar refractivity (Wildman–Crippen MR) is 90.2 cm³/mol. The zero-order valence-electron chi connectivity index (χ0n) is 13.9. The number of hydrogen-bond donors (Lipinski definition) is 0. The number of rotatable bonds is 2. The number of nitrogens with zero attached hydrogens (tertiary/aromatic N) is 1. The van der Waals surface area contributed by atoms with Gasteiger partial charge in [-0.25, -0.2) is 4.39 Å².